The van der Waals surface area contributed by atoms with Crippen molar-refractivity contribution in [3.05, 3.63) is 70.8 Å². The van der Waals surface area contributed by atoms with Crippen molar-refractivity contribution in [2.45, 2.75) is 26.2 Å². The quantitative estimate of drug-likeness (QED) is 0.510. The van der Waals surface area contributed by atoms with Gasteiger partial charge in [-0.05, 0) is 40.3 Å². The number of hydrogen-bond acceptors (Lipinski definition) is 3. The van der Waals surface area contributed by atoms with Crippen LogP contribution < -0.4 is 0 Å². The minimum absolute atomic E-state index is 0.00927. The third-order valence-corrected chi connectivity index (χ3v) is 3.94. The van der Waals surface area contributed by atoms with Gasteiger partial charge in [0.25, 0.3) is 0 Å². The molecule has 0 aliphatic heterocycles. The summed E-state index contributed by atoms with van der Waals surface area (Å²) in [5, 5.41) is 9.56. The Morgan fingerprint density at radius 3 is 1.88 bits per heavy atom. The van der Waals surface area contributed by atoms with Crippen LogP contribution in [0.15, 0.2) is 48.5 Å². The lowest BCUT2D eigenvalue weighted by atomic mass is 9.86. The van der Waals surface area contributed by atoms with E-state index < -0.39 is 11.9 Å². The second-order valence-electron chi connectivity index (χ2n) is 6.80. The molecule has 0 aromatic heterocycles. The average Bonchev–Trinajstić information content (AvgIpc) is 2.58. The zero-order chi connectivity index (χ0) is 18.6. The number of rotatable bonds is 4. The third-order valence-electron chi connectivity index (χ3n) is 3.94. The molecular formula is C21H22O4. The molecule has 4 heteroatoms. The topological polar surface area (TPSA) is 63.6 Å². The predicted octanol–water partition coefficient (Wildman–Crippen LogP) is 4.40. The SMILES string of the molecule is COC(=O)c1ccc(C=C(C(=O)O)c2ccc(C(C)(C)C)cc2)cc1. The van der Waals surface area contributed by atoms with Crippen LogP contribution in [0.25, 0.3) is 11.6 Å². The molecule has 1 N–H and O–H groups in total. The molecule has 130 valence electrons. The molecule has 0 amide bonds. The maximum atomic E-state index is 11.7. The van der Waals surface area contributed by atoms with E-state index in [2.05, 4.69) is 25.5 Å². The first-order valence-corrected chi connectivity index (χ1v) is 7.96. The number of carbonyl (C=O) groups excluding carboxylic acids is 1. The molecule has 2 aromatic rings. The van der Waals surface area contributed by atoms with E-state index >= 15 is 0 Å². The zero-order valence-electron chi connectivity index (χ0n) is 14.9. The summed E-state index contributed by atoms with van der Waals surface area (Å²) in [6.45, 7) is 6.33. The van der Waals surface area contributed by atoms with E-state index in [4.69, 9.17) is 0 Å². The Labute approximate surface area is 147 Å². The molecule has 0 aliphatic rings. The number of benzene rings is 2. The van der Waals surface area contributed by atoms with Crippen molar-refractivity contribution in [3.8, 4) is 0 Å². The molecule has 2 aromatic carbocycles. The highest BCUT2D eigenvalue weighted by Crippen LogP contribution is 2.25. The molecule has 0 aliphatic carbocycles. The van der Waals surface area contributed by atoms with E-state index in [0.717, 1.165) is 5.56 Å². The first-order chi connectivity index (χ1) is 11.7. The highest BCUT2D eigenvalue weighted by molar-refractivity contribution is 6.20. The maximum absolute atomic E-state index is 11.7. The highest BCUT2D eigenvalue weighted by atomic mass is 16.5. The molecule has 0 saturated heterocycles. The molecule has 25 heavy (non-hydrogen) atoms. The van der Waals surface area contributed by atoms with Crippen LogP contribution in [0, 0.1) is 0 Å². The lowest BCUT2D eigenvalue weighted by Gasteiger charge is -2.19. The number of ether oxygens (including phenoxy) is 1. The number of carboxylic acid groups (broad SMARTS) is 1. The van der Waals surface area contributed by atoms with Crippen molar-refractivity contribution in [1.82, 2.24) is 0 Å². The highest BCUT2D eigenvalue weighted by Gasteiger charge is 2.15. The summed E-state index contributed by atoms with van der Waals surface area (Å²) in [6, 6.07) is 14.2. The Morgan fingerprint density at radius 2 is 1.44 bits per heavy atom. The summed E-state index contributed by atoms with van der Waals surface area (Å²) < 4.78 is 4.65. The molecule has 0 spiro atoms. The smallest absolute Gasteiger partial charge is 0.337 e. The molecule has 0 unspecified atom stereocenters. The van der Waals surface area contributed by atoms with Crippen LogP contribution >= 0.6 is 0 Å². The minimum atomic E-state index is -0.999. The maximum Gasteiger partial charge on any atom is 0.337 e. The Balaban J connectivity index is 2.36. The van der Waals surface area contributed by atoms with E-state index in [-0.39, 0.29) is 11.0 Å². The van der Waals surface area contributed by atoms with Gasteiger partial charge in [0.1, 0.15) is 0 Å². The molecule has 0 atom stereocenters. The second-order valence-corrected chi connectivity index (χ2v) is 6.80. The number of hydrogen-bond donors (Lipinski definition) is 1. The summed E-state index contributed by atoms with van der Waals surface area (Å²) in [7, 11) is 1.32. The third kappa shape index (κ3) is 4.57. The van der Waals surface area contributed by atoms with Crippen LogP contribution in [0.2, 0.25) is 0 Å². The van der Waals surface area contributed by atoms with Gasteiger partial charge in [-0.2, -0.15) is 0 Å². The first-order valence-electron chi connectivity index (χ1n) is 7.96. The molecule has 0 heterocycles. The van der Waals surface area contributed by atoms with Crippen molar-refractivity contribution in [2.75, 3.05) is 7.11 Å². The molecule has 0 fully saturated rings. The predicted molar refractivity (Wildman–Crippen MR) is 98.4 cm³/mol. The van der Waals surface area contributed by atoms with Crippen LogP contribution in [-0.2, 0) is 14.9 Å². The fourth-order valence-corrected chi connectivity index (χ4v) is 2.42. The van der Waals surface area contributed by atoms with E-state index in [1.54, 1.807) is 30.3 Å². The van der Waals surface area contributed by atoms with Crippen molar-refractivity contribution < 1.29 is 19.4 Å². The largest absolute Gasteiger partial charge is 0.478 e. The number of esters is 1. The van der Waals surface area contributed by atoms with Crippen LogP contribution in [0.4, 0.5) is 0 Å². The summed E-state index contributed by atoms with van der Waals surface area (Å²) >= 11 is 0. The van der Waals surface area contributed by atoms with Gasteiger partial charge in [-0.3, -0.25) is 0 Å². The molecule has 0 bridgehead atoms. The zero-order valence-corrected chi connectivity index (χ0v) is 14.9. The summed E-state index contributed by atoms with van der Waals surface area (Å²) in [5.74, 6) is -1.42. The Morgan fingerprint density at radius 1 is 0.920 bits per heavy atom. The standard InChI is InChI=1S/C21H22O4/c1-21(2,3)17-11-9-15(10-12-17)18(19(22)23)13-14-5-7-16(8-6-14)20(24)25-4/h5-13H,1-4H3,(H,22,23). The van der Waals surface area contributed by atoms with Gasteiger partial charge in [0.2, 0.25) is 0 Å². The normalized spacial score (nSPS) is 11.9. The van der Waals surface area contributed by atoms with Crippen molar-refractivity contribution in [1.29, 1.82) is 0 Å². The number of carbonyl (C=O) groups is 2. The number of aliphatic carboxylic acids is 1. The monoisotopic (exact) mass is 338 g/mol. The summed E-state index contributed by atoms with van der Waals surface area (Å²) in [4.78, 5) is 23.1. The fourth-order valence-electron chi connectivity index (χ4n) is 2.42. The minimum Gasteiger partial charge on any atom is -0.478 e. The fraction of sp³-hybridized carbons (Fsp3) is 0.238. The van der Waals surface area contributed by atoms with Gasteiger partial charge in [-0.1, -0.05) is 57.2 Å². The van der Waals surface area contributed by atoms with Crippen LogP contribution in [-0.4, -0.2) is 24.2 Å². The van der Waals surface area contributed by atoms with Crippen molar-refractivity contribution in [3.63, 3.8) is 0 Å². The number of carboxylic acids is 1. The molecule has 2 rings (SSSR count). The van der Waals surface area contributed by atoms with Gasteiger partial charge in [-0.15, -0.1) is 0 Å². The van der Waals surface area contributed by atoms with Gasteiger partial charge in [0, 0.05) is 0 Å². The molecule has 0 saturated carbocycles. The lowest BCUT2D eigenvalue weighted by Crippen LogP contribution is -2.11. The lowest BCUT2D eigenvalue weighted by molar-refractivity contribution is -0.130. The van der Waals surface area contributed by atoms with E-state index in [1.807, 2.05) is 24.3 Å². The van der Waals surface area contributed by atoms with Gasteiger partial charge in [0.05, 0.1) is 18.2 Å². The van der Waals surface area contributed by atoms with Crippen molar-refractivity contribution in [2.24, 2.45) is 0 Å². The van der Waals surface area contributed by atoms with Crippen LogP contribution in [0.3, 0.4) is 0 Å². The van der Waals surface area contributed by atoms with Crippen molar-refractivity contribution >= 4 is 23.6 Å². The summed E-state index contributed by atoms with van der Waals surface area (Å²) in [5.41, 5.74) is 3.11. The Kier molecular flexibility index (Phi) is 5.42. The van der Waals surface area contributed by atoms with Gasteiger partial charge >= 0.3 is 11.9 Å². The van der Waals surface area contributed by atoms with E-state index in [1.165, 1.54) is 7.11 Å². The number of methoxy groups -OCH3 is 1. The Bertz CT molecular complexity index is 791. The van der Waals surface area contributed by atoms with E-state index in [0.29, 0.717) is 16.7 Å². The van der Waals surface area contributed by atoms with Crippen LogP contribution in [0.1, 0.15) is 47.8 Å². The first kappa shape index (κ1) is 18.5. The molecular weight excluding hydrogens is 316 g/mol. The second kappa shape index (κ2) is 7.34. The molecule has 0 radical (unpaired) electrons. The van der Waals surface area contributed by atoms with Crippen LogP contribution in [0.5, 0.6) is 0 Å². The van der Waals surface area contributed by atoms with Gasteiger partial charge in [-0.25, -0.2) is 9.59 Å². The van der Waals surface area contributed by atoms with Gasteiger partial charge < -0.3 is 9.84 Å². The molecule has 4 nitrogen and oxygen atoms in total. The summed E-state index contributed by atoms with van der Waals surface area (Å²) in [6.07, 6.45) is 1.59. The average molecular weight is 338 g/mol. The van der Waals surface area contributed by atoms with Gasteiger partial charge in [0.15, 0.2) is 0 Å². The Hall–Kier alpha value is -2.88. The van der Waals surface area contributed by atoms with E-state index in [9.17, 15) is 14.7 Å².